The normalized spacial score (nSPS) is 21.1. The van der Waals surface area contributed by atoms with Gasteiger partial charge in [-0.1, -0.05) is 0 Å². The van der Waals surface area contributed by atoms with Crippen molar-refractivity contribution in [1.29, 1.82) is 0 Å². The molecular formula is C6H11ClO5. The third-order valence-corrected chi connectivity index (χ3v) is 1.78. The van der Waals surface area contributed by atoms with Gasteiger partial charge in [0.1, 0.15) is 18.3 Å². The average Bonchev–Trinajstić information content (AvgIpc) is 2.12. The molecule has 4 N–H and O–H groups in total. The minimum absolute atomic E-state index is 0.0782. The summed E-state index contributed by atoms with van der Waals surface area (Å²) in [5, 5.41) is 34.0. The van der Waals surface area contributed by atoms with E-state index in [0.717, 1.165) is 0 Å². The predicted octanol–water partition coefficient (Wildman–Crippen LogP) is -2.13. The first-order valence-electron chi connectivity index (χ1n) is 3.29. The predicted molar refractivity (Wildman–Crippen MR) is 40.8 cm³/mol. The Balaban J connectivity index is 4.07. The fourth-order valence-corrected chi connectivity index (χ4v) is 0.754. The van der Waals surface area contributed by atoms with Crippen LogP contribution < -0.4 is 0 Å². The van der Waals surface area contributed by atoms with Crippen LogP contribution in [0.3, 0.4) is 0 Å². The molecular weight excluding hydrogens is 188 g/mol. The Hall–Kier alpha value is -0.200. The number of aliphatic hydroxyl groups excluding tert-OH is 4. The molecule has 0 aromatic carbocycles. The van der Waals surface area contributed by atoms with E-state index in [0.29, 0.717) is 0 Å². The van der Waals surface area contributed by atoms with Crippen molar-refractivity contribution in [2.45, 2.75) is 23.7 Å². The molecule has 72 valence electrons. The third-order valence-electron chi connectivity index (χ3n) is 1.38. The highest BCUT2D eigenvalue weighted by molar-refractivity contribution is 6.21. The maximum atomic E-state index is 9.93. The highest BCUT2D eigenvalue weighted by Gasteiger charge is 2.29. The van der Waals surface area contributed by atoms with Gasteiger partial charge >= 0.3 is 0 Å². The van der Waals surface area contributed by atoms with Crippen LogP contribution in [-0.4, -0.2) is 57.0 Å². The maximum absolute atomic E-state index is 9.93. The van der Waals surface area contributed by atoms with Crippen LogP contribution in [0.2, 0.25) is 0 Å². The molecule has 0 fully saturated rings. The maximum Gasteiger partial charge on any atom is 0.151 e. The summed E-state index contributed by atoms with van der Waals surface area (Å²) >= 11 is 5.32. The van der Waals surface area contributed by atoms with Crippen molar-refractivity contribution in [3.63, 3.8) is 0 Å². The van der Waals surface area contributed by atoms with E-state index >= 15 is 0 Å². The van der Waals surface area contributed by atoms with E-state index in [1.165, 1.54) is 0 Å². The zero-order valence-corrected chi connectivity index (χ0v) is 6.92. The summed E-state index contributed by atoms with van der Waals surface area (Å²) in [6.07, 6.45) is -4.81. The van der Waals surface area contributed by atoms with Gasteiger partial charge in [0.2, 0.25) is 0 Å². The van der Waals surface area contributed by atoms with Crippen molar-refractivity contribution < 1.29 is 25.2 Å². The second-order valence-corrected chi connectivity index (χ2v) is 2.87. The van der Waals surface area contributed by atoms with Gasteiger partial charge in [0.05, 0.1) is 12.0 Å². The Morgan fingerprint density at radius 3 is 2.08 bits per heavy atom. The topological polar surface area (TPSA) is 98.0 Å². The first kappa shape index (κ1) is 11.8. The zero-order valence-electron chi connectivity index (χ0n) is 6.17. The molecule has 0 aromatic heterocycles. The molecule has 0 spiro atoms. The highest BCUT2D eigenvalue weighted by atomic mass is 35.5. The second-order valence-electron chi connectivity index (χ2n) is 2.31. The minimum Gasteiger partial charge on any atom is -0.395 e. The minimum atomic E-state index is -1.69. The van der Waals surface area contributed by atoms with Crippen LogP contribution in [0, 0.1) is 0 Å². The number of hydrogen-bond acceptors (Lipinski definition) is 5. The molecule has 0 saturated heterocycles. The highest BCUT2D eigenvalue weighted by Crippen LogP contribution is 2.08. The molecule has 0 heterocycles. The van der Waals surface area contributed by atoms with Crippen LogP contribution in [-0.2, 0) is 4.79 Å². The van der Waals surface area contributed by atoms with Crippen LogP contribution in [0.4, 0.5) is 0 Å². The van der Waals surface area contributed by atoms with Gasteiger partial charge in [-0.15, -0.1) is 11.6 Å². The number of aliphatic hydroxyl groups is 4. The quantitative estimate of drug-likeness (QED) is 0.299. The molecule has 12 heavy (non-hydrogen) atoms. The Morgan fingerprint density at radius 2 is 1.75 bits per heavy atom. The lowest BCUT2D eigenvalue weighted by Gasteiger charge is -2.21. The molecule has 0 rings (SSSR count). The summed E-state index contributed by atoms with van der Waals surface area (Å²) in [7, 11) is 0. The van der Waals surface area contributed by atoms with Gasteiger partial charge in [0, 0.05) is 0 Å². The summed E-state index contributed by atoms with van der Waals surface area (Å²) in [6, 6.07) is 0. The number of carbonyl (C=O) groups excluding carboxylic acids is 1. The van der Waals surface area contributed by atoms with Crippen molar-refractivity contribution in [1.82, 2.24) is 0 Å². The molecule has 0 aliphatic carbocycles. The Bertz CT molecular complexity index is 142. The number of rotatable bonds is 5. The van der Waals surface area contributed by atoms with E-state index in [1.807, 2.05) is 0 Å². The first-order valence-corrected chi connectivity index (χ1v) is 3.72. The zero-order chi connectivity index (χ0) is 9.72. The lowest BCUT2D eigenvalue weighted by atomic mass is 10.1. The van der Waals surface area contributed by atoms with Crippen LogP contribution >= 0.6 is 11.6 Å². The van der Waals surface area contributed by atoms with E-state index in [9.17, 15) is 4.79 Å². The van der Waals surface area contributed by atoms with E-state index in [4.69, 9.17) is 32.0 Å². The molecule has 4 atom stereocenters. The molecule has 5 nitrogen and oxygen atoms in total. The third kappa shape index (κ3) is 3.04. The molecule has 0 radical (unpaired) electrons. The lowest BCUT2D eigenvalue weighted by molar-refractivity contribution is -0.126. The Labute approximate surface area is 74.2 Å². The van der Waals surface area contributed by atoms with Gasteiger partial charge in [-0.25, -0.2) is 0 Å². The van der Waals surface area contributed by atoms with Gasteiger partial charge in [-0.3, -0.25) is 0 Å². The van der Waals surface area contributed by atoms with Crippen LogP contribution in [0.15, 0.2) is 0 Å². The van der Waals surface area contributed by atoms with E-state index in [2.05, 4.69) is 0 Å². The molecule has 0 aliphatic rings. The van der Waals surface area contributed by atoms with Crippen molar-refractivity contribution in [2.24, 2.45) is 0 Å². The number of halogens is 1. The summed E-state index contributed by atoms with van der Waals surface area (Å²) in [4.78, 5) is 9.93. The van der Waals surface area contributed by atoms with Gasteiger partial charge in [0.25, 0.3) is 0 Å². The number of carbonyl (C=O) groups is 1. The number of hydrogen-bond donors (Lipinski definition) is 4. The summed E-state index contributed by atoms with van der Waals surface area (Å²) < 4.78 is 0. The number of aldehydes is 1. The summed E-state index contributed by atoms with van der Waals surface area (Å²) in [5.41, 5.74) is 0. The van der Waals surface area contributed by atoms with Gasteiger partial charge in [-0.05, 0) is 0 Å². The van der Waals surface area contributed by atoms with E-state index < -0.39 is 30.3 Å². The SMILES string of the molecule is O=C[C@@H](O)[C@@H](O)[C@@H](O)[C@H](Cl)CO. The van der Waals surface area contributed by atoms with Crippen LogP contribution in [0.5, 0.6) is 0 Å². The fraction of sp³-hybridized carbons (Fsp3) is 0.833. The molecule has 0 aliphatic heterocycles. The van der Waals surface area contributed by atoms with E-state index in [-0.39, 0.29) is 6.29 Å². The molecule has 0 saturated carbocycles. The molecule has 0 amide bonds. The monoisotopic (exact) mass is 198 g/mol. The van der Waals surface area contributed by atoms with Gasteiger partial charge in [0.15, 0.2) is 6.29 Å². The molecule has 0 unspecified atom stereocenters. The fourth-order valence-electron chi connectivity index (χ4n) is 0.604. The van der Waals surface area contributed by atoms with Crippen LogP contribution in [0.1, 0.15) is 0 Å². The van der Waals surface area contributed by atoms with Gasteiger partial charge < -0.3 is 25.2 Å². The van der Waals surface area contributed by atoms with Crippen molar-refractivity contribution >= 4 is 17.9 Å². The van der Waals surface area contributed by atoms with Crippen LogP contribution in [0.25, 0.3) is 0 Å². The average molecular weight is 199 g/mol. The summed E-state index contributed by atoms with van der Waals surface area (Å²) in [5.74, 6) is 0. The Kier molecular flexibility index (Phi) is 5.36. The number of alkyl halides is 1. The largest absolute Gasteiger partial charge is 0.395 e. The standard InChI is InChI=1S/C6H11ClO5/c7-3(1-8)5(11)6(12)4(10)2-9/h2-6,8,10-12H,1H2/t3-,4-,5+,6-/m1/s1. The second kappa shape index (κ2) is 5.45. The molecule has 0 aromatic rings. The Morgan fingerprint density at radius 1 is 1.25 bits per heavy atom. The summed E-state index contributed by atoms with van der Waals surface area (Å²) in [6.45, 7) is -0.550. The van der Waals surface area contributed by atoms with E-state index in [1.54, 1.807) is 0 Å². The lowest BCUT2D eigenvalue weighted by Crippen LogP contribution is -2.44. The molecule has 0 bridgehead atoms. The molecule has 6 heteroatoms. The smallest absolute Gasteiger partial charge is 0.151 e. The van der Waals surface area contributed by atoms with Crippen molar-refractivity contribution in [2.75, 3.05) is 6.61 Å². The van der Waals surface area contributed by atoms with Crippen molar-refractivity contribution in [3.8, 4) is 0 Å². The first-order chi connectivity index (χ1) is 5.54. The van der Waals surface area contributed by atoms with Gasteiger partial charge in [-0.2, -0.15) is 0 Å². The van der Waals surface area contributed by atoms with Crippen molar-refractivity contribution in [3.05, 3.63) is 0 Å².